The third-order valence-electron chi connectivity index (χ3n) is 4.79. The van der Waals surface area contributed by atoms with E-state index in [4.69, 9.17) is 4.52 Å². The van der Waals surface area contributed by atoms with Crippen LogP contribution < -0.4 is 0 Å². The molecular formula is C19H28N4O. The van der Waals surface area contributed by atoms with E-state index < -0.39 is 0 Å². The predicted molar refractivity (Wildman–Crippen MR) is 95.7 cm³/mol. The van der Waals surface area contributed by atoms with Gasteiger partial charge in [-0.3, -0.25) is 4.90 Å². The molecule has 5 nitrogen and oxygen atoms in total. The summed E-state index contributed by atoms with van der Waals surface area (Å²) in [7, 11) is 4.34. The van der Waals surface area contributed by atoms with Crippen molar-refractivity contribution in [2.45, 2.75) is 32.7 Å². The second kappa shape index (κ2) is 7.90. The fraction of sp³-hybridized carbons (Fsp3) is 0.579. The van der Waals surface area contributed by atoms with E-state index in [2.05, 4.69) is 65.2 Å². The van der Waals surface area contributed by atoms with Crippen molar-refractivity contribution in [3.8, 4) is 11.4 Å². The van der Waals surface area contributed by atoms with Crippen LogP contribution in [0.15, 0.2) is 28.8 Å². The molecule has 0 amide bonds. The summed E-state index contributed by atoms with van der Waals surface area (Å²) >= 11 is 0. The minimum atomic E-state index is 0.679. The zero-order chi connectivity index (χ0) is 16.9. The van der Waals surface area contributed by atoms with Crippen LogP contribution >= 0.6 is 0 Å². The number of rotatable bonds is 6. The summed E-state index contributed by atoms with van der Waals surface area (Å²) in [5.74, 6) is 2.10. The van der Waals surface area contributed by atoms with E-state index in [0.717, 1.165) is 24.4 Å². The molecule has 1 aromatic heterocycles. The quantitative estimate of drug-likeness (QED) is 0.815. The van der Waals surface area contributed by atoms with E-state index in [1.165, 1.54) is 31.5 Å². The van der Waals surface area contributed by atoms with Crippen molar-refractivity contribution >= 4 is 0 Å². The molecule has 5 heteroatoms. The van der Waals surface area contributed by atoms with Crippen molar-refractivity contribution in [3.63, 3.8) is 0 Å². The standard InChI is InChI=1S/C19H28N4O/c1-4-15-7-9-17(10-8-15)19-20-18(24-21-19)14-23(3)13-16-6-5-11-22(2)12-16/h7-10,16H,4-6,11-14H2,1-3H3. The monoisotopic (exact) mass is 328 g/mol. The molecule has 0 bridgehead atoms. The van der Waals surface area contributed by atoms with Crippen LogP contribution in [0.4, 0.5) is 0 Å². The molecule has 1 unspecified atom stereocenters. The predicted octanol–water partition coefficient (Wildman–Crippen LogP) is 3.07. The van der Waals surface area contributed by atoms with Gasteiger partial charge in [-0.1, -0.05) is 36.3 Å². The van der Waals surface area contributed by atoms with E-state index >= 15 is 0 Å². The molecule has 1 fully saturated rings. The van der Waals surface area contributed by atoms with Crippen molar-refractivity contribution in [1.82, 2.24) is 19.9 Å². The number of aromatic nitrogens is 2. The molecule has 24 heavy (non-hydrogen) atoms. The molecule has 2 heterocycles. The minimum Gasteiger partial charge on any atom is -0.338 e. The highest BCUT2D eigenvalue weighted by Crippen LogP contribution is 2.19. The first-order chi connectivity index (χ1) is 11.6. The smallest absolute Gasteiger partial charge is 0.241 e. The van der Waals surface area contributed by atoms with Crippen LogP contribution in [0.25, 0.3) is 11.4 Å². The van der Waals surface area contributed by atoms with Crippen molar-refractivity contribution in [2.24, 2.45) is 5.92 Å². The second-order valence-electron chi connectivity index (χ2n) is 7.03. The number of piperidine rings is 1. The molecule has 1 aromatic carbocycles. The van der Waals surface area contributed by atoms with Crippen LogP contribution in [-0.2, 0) is 13.0 Å². The maximum Gasteiger partial charge on any atom is 0.241 e. The van der Waals surface area contributed by atoms with E-state index in [1.54, 1.807) is 0 Å². The fourth-order valence-corrected chi connectivity index (χ4v) is 3.48. The van der Waals surface area contributed by atoms with Gasteiger partial charge < -0.3 is 9.42 Å². The molecule has 1 aliphatic heterocycles. The molecule has 1 saturated heterocycles. The molecule has 1 aliphatic rings. The van der Waals surface area contributed by atoms with Crippen molar-refractivity contribution < 1.29 is 4.52 Å². The van der Waals surface area contributed by atoms with Gasteiger partial charge in [-0.15, -0.1) is 0 Å². The van der Waals surface area contributed by atoms with Crippen LogP contribution in [0.2, 0.25) is 0 Å². The van der Waals surface area contributed by atoms with E-state index in [9.17, 15) is 0 Å². The Kier molecular flexibility index (Phi) is 5.63. The van der Waals surface area contributed by atoms with E-state index in [0.29, 0.717) is 18.3 Å². The van der Waals surface area contributed by atoms with Crippen LogP contribution in [0, 0.1) is 5.92 Å². The van der Waals surface area contributed by atoms with Crippen LogP contribution in [-0.4, -0.2) is 53.7 Å². The zero-order valence-electron chi connectivity index (χ0n) is 15.0. The summed E-state index contributed by atoms with van der Waals surface area (Å²) in [5, 5.41) is 4.13. The topological polar surface area (TPSA) is 45.4 Å². The van der Waals surface area contributed by atoms with Gasteiger partial charge in [0.2, 0.25) is 11.7 Å². The lowest BCUT2D eigenvalue weighted by Gasteiger charge is -2.31. The summed E-state index contributed by atoms with van der Waals surface area (Å²) in [4.78, 5) is 9.27. The van der Waals surface area contributed by atoms with Gasteiger partial charge in [0.15, 0.2) is 0 Å². The first-order valence-corrected chi connectivity index (χ1v) is 8.93. The molecule has 1 atom stereocenters. The SMILES string of the molecule is CCc1ccc(-c2noc(CN(C)CC3CCCN(C)C3)n2)cc1. The Balaban J connectivity index is 1.56. The highest BCUT2D eigenvalue weighted by atomic mass is 16.5. The van der Waals surface area contributed by atoms with E-state index in [-0.39, 0.29) is 0 Å². The Hall–Kier alpha value is -1.72. The van der Waals surface area contributed by atoms with Gasteiger partial charge in [-0.2, -0.15) is 4.98 Å². The number of hydrogen-bond donors (Lipinski definition) is 0. The van der Waals surface area contributed by atoms with Crippen LogP contribution in [0.5, 0.6) is 0 Å². The largest absolute Gasteiger partial charge is 0.338 e. The van der Waals surface area contributed by atoms with Crippen LogP contribution in [0.1, 0.15) is 31.2 Å². The van der Waals surface area contributed by atoms with Gasteiger partial charge in [0.1, 0.15) is 0 Å². The lowest BCUT2D eigenvalue weighted by molar-refractivity contribution is 0.156. The van der Waals surface area contributed by atoms with Crippen LogP contribution in [0.3, 0.4) is 0 Å². The molecular weight excluding hydrogens is 300 g/mol. The number of nitrogens with zero attached hydrogens (tertiary/aromatic N) is 4. The Labute approximate surface area is 144 Å². The summed E-state index contributed by atoms with van der Waals surface area (Å²) in [6.07, 6.45) is 3.65. The second-order valence-corrected chi connectivity index (χ2v) is 7.03. The molecule has 130 valence electrons. The number of likely N-dealkylation sites (tertiary alicyclic amines) is 1. The highest BCUT2D eigenvalue weighted by molar-refractivity contribution is 5.54. The summed E-state index contributed by atoms with van der Waals surface area (Å²) in [6, 6.07) is 8.37. The Morgan fingerprint density at radius 3 is 2.79 bits per heavy atom. The van der Waals surface area contributed by atoms with Crippen molar-refractivity contribution in [1.29, 1.82) is 0 Å². The Morgan fingerprint density at radius 2 is 2.08 bits per heavy atom. The number of hydrogen-bond acceptors (Lipinski definition) is 5. The molecule has 0 spiro atoms. The summed E-state index contributed by atoms with van der Waals surface area (Å²) in [6.45, 7) is 6.35. The number of aryl methyl sites for hydroxylation is 1. The minimum absolute atomic E-state index is 0.679. The molecule has 0 N–H and O–H groups in total. The maximum absolute atomic E-state index is 5.44. The number of benzene rings is 1. The lowest BCUT2D eigenvalue weighted by atomic mass is 9.98. The maximum atomic E-state index is 5.44. The van der Waals surface area contributed by atoms with Gasteiger partial charge in [-0.05, 0) is 51.4 Å². The van der Waals surface area contributed by atoms with Crippen molar-refractivity contribution in [3.05, 3.63) is 35.7 Å². The van der Waals surface area contributed by atoms with E-state index in [1.807, 2.05) is 0 Å². The van der Waals surface area contributed by atoms with Gasteiger partial charge >= 0.3 is 0 Å². The average molecular weight is 328 g/mol. The molecule has 0 saturated carbocycles. The first kappa shape index (κ1) is 17.1. The average Bonchev–Trinajstić information content (AvgIpc) is 3.03. The highest BCUT2D eigenvalue weighted by Gasteiger charge is 2.19. The Bertz CT molecular complexity index is 637. The van der Waals surface area contributed by atoms with Gasteiger partial charge in [0, 0.05) is 18.7 Å². The molecule has 0 radical (unpaired) electrons. The first-order valence-electron chi connectivity index (χ1n) is 8.93. The molecule has 0 aliphatic carbocycles. The van der Waals surface area contributed by atoms with Gasteiger partial charge in [-0.25, -0.2) is 0 Å². The fourth-order valence-electron chi connectivity index (χ4n) is 3.48. The third kappa shape index (κ3) is 4.42. The zero-order valence-corrected chi connectivity index (χ0v) is 15.0. The normalized spacial score (nSPS) is 19.1. The van der Waals surface area contributed by atoms with Crippen molar-refractivity contribution in [2.75, 3.05) is 33.7 Å². The summed E-state index contributed by atoms with van der Waals surface area (Å²) < 4.78 is 5.44. The third-order valence-corrected chi connectivity index (χ3v) is 4.79. The summed E-state index contributed by atoms with van der Waals surface area (Å²) in [5.41, 5.74) is 2.33. The Morgan fingerprint density at radius 1 is 1.29 bits per heavy atom. The van der Waals surface area contributed by atoms with Gasteiger partial charge in [0.05, 0.1) is 6.54 Å². The lowest BCUT2D eigenvalue weighted by Crippen LogP contribution is -2.37. The van der Waals surface area contributed by atoms with Gasteiger partial charge in [0.25, 0.3) is 0 Å². The molecule has 2 aromatic rings. The molecule has 3 rings (SSSR count).